The summed E-state index contributed by atoms with van der Waals surface area (Å²) in [7, 11) is 0. The molecule has 204 valence electrons. The van der Waals surface area contributed by atoms with Crippen molar-refractivity contribution in [3.05, 3.63) is 35.9 Å². The number of carbonyl (C=O) groups excluding carboxylic acids is 5. The first-order valence-electron chi connectivity index (χ1n) is 11.6. The Morgan fingerprint density at radius 3 is 1.92 bits per heavy atom. The fourth-order valence-electron chi connectivity index (χ4n) is 3.55. The van der Waals surface area contributed by atoms with Gasteiger partial charge in [-0.25, -0.2) is 4.79 Å². The molecule has 2 rings (SSSR count). The molecule has 1 aliphatic rings. The van der Waals surface area contributed by atoms with Gasteiger partial charge in [0.25, 0.3) is 0 Å². The number of amides is 1. The van der Waals surface area contributed by atoms with E-state index in [0.717, 1.165) is 33.3 Å². The highest BCUT2D eigenvalue weighted by molar-refractivity contribution is 5.69. The molecule has 0 radical (unpaired) electrons. The first-order valence-corrected chi connectivity index (χ1v) is 11.6. The minimum atomic E-state index is -1.43. The first-order chi connectivity index (χ1) is 17.6. The van der Waals surface area contributed by atoms with Crippen LogP contribution in [-0.2, 0) is 54.2 Å². The van der Waals surface area contributed by atoms with E-state index in [-0.39, 0.29) is 26.2 Å². The fourth-order valence-corrected chi connectivity index (χ4v) is 3.55. The Kier molecular flexibility index (Phi) is 11.8. The quantitative estimate of drug-likeness (QED) is 0.235. The van der Waals surface area contributed by atoms with E-state index >= 15 is 0 Å². The zero-order valence-electron chi connectivity index (χ0n) is 21.1. The molecule has 1 saturated heterocycles. The van der Waals surface area contributed by atoms with Crippen LogP contribution in [0.25, 0.3) is 0 Å². The summed E-state index contributed by atoms with van der Waals surface area (Å²) >= 11 is 0. The molecule has 1 amide bonds. The lowest BCUT2D eigenvalue weighted by Gasteiger charge is -2.43. The first kappa shape index (κ1) is 29.5. The number of benzene rings is 1. The van der Waals surface area contributed by atoms with Gasteiger partial charge < -0.3 is 39.1 Å². The fraction of sp³-hybridized carbons (Fsp3) is 0.542. The normalized spacial score (nSPS) is 22.8. The molecule has 0 spiro atoms. The Morgan fingerprint density at radius 2 is 1.32 bits per heavy atom. The molecule has 1 aromatic carbocycles. The van der Waals surface area contributed by atoms with Crippen LogP contribution in [0.15, 0.2) is 30.3 Å². The summed E-state index contributed by atoms with van der Waals surface area (Å²) in [5.74, 6) is -2.94. The number of hydrogen-bond donors (Lipinski definition) is 2. The van der Waals surface area contributed by atoms with Crippen LogP contribution in [0.3, 0.4) is 0 Å². The summed E-state index contributed by atoms with van der Waals surface area (Å²) in [6.45, 7) is 5.12. The van der Waals surface area contributed by atoms with E-state index in [1.807, 2.05) is 30.3 Å². The van der Waals surface area contributed by atoms with Gasteiger partial charge in [0.15, 0.2) is 12.2 Å². The molecule has 1 aromatic rings. The van der Waals surface area contributed by atoms with Crippen LogP contribution in [0.4, 0.5) is 4.79 Å². The molecular formula is C24H32N2O11. The topological polar surface area (TPSA) is 165 Å². The Hall–Kier alpha value is -3.71. The highest BCUT2D eigenvalue weighted by Crippen LogP contribution is 2.29. The summed E-state index contributed by atoms with van der Waals surface area (Å²) < 4.78 is 31.9. The molecule has 0 aliphatic carbocycles. The van der Waals surface area contributed by atoms with Gasteiger partial charge in [-0.1, -0.05) is 30.3 Å². The zero-order valence-corrected chi connectivity index (χ0v) is 21.1. The molecule has 13 heteroatoms. The minimum Gasteiger partial charge on any atom is -0.456 e. The molecule has 1 heterocycles. The molecular weight excluding hydrogens is 492 g/mol. The Labute approximate surface area is 214 Å². The van der Waals surface area contributed by atoms with E-state index in [1.165, 1.54) is 0 Å². The van der Waals surface area contributed by atoms with Gasteiger partial charge >= 0.3 is 30.0 Å². The molecule has 1 aliphatic heterocycles. The molecule has 5 atom stereocenters. The van der Waals surface area contributed by atoms with Crippen LogP contribution in [0.2, 0.25) is 0 Å². The third-order valence-electron chi connectivity index (χ3n) is 4.91. The number of hydrogen-bond acceptors (Lipinski definition) is 12. The summed E-state index contributed by atoms with van der Waals surface area (Å²) in [6, 6.07) is 9.19. The maximum absolute atomic E-state index is 11.9. The third kappa shape index (κ3) is 10.4. The van der Waals surface area contributed by atoms with E-state index in [0.29, 0.717) is 0 Å². The lowest BCUT2D eigenvalue weighted by Crippen LogP contribution is -2.64. The molecule has 37 heavy (non-hydrogen) atoms. The van der Waals surface area contributed by atoms with E-state index < -0.39 is 60.7 Å². The van der Waals surface area contributed by atoms with Crippen LogP contribution >= 0.6 is 0 Å². The Bertz CT molecular complexity index is 940. The van der Waals surface area contributed by atoms with Crippen molar-refractivity contribution >= 4 is 30.0 Å². The van der Waals surface area contributed by atoms with Crippen molar-refractivity contribution in [3.63, 3.8) is 0 Å². The standard InChI is InChI=1S/C24H32N2O11/c1-14(27)33-20-19(12-25-10-11-26-24(31)32-13-18-8-6-5-7-9-18)37-23(36-17(4)30)22(35-16(3)29)21(20)34-15(2)28/h5-9,19-23,25H,10-13H2,1-4H3,(H,26,31)/t19?,20-,21?,22?,23-/m1/s1. The van der Waals surface area contributed by atoms with Gasteiger partial charge in [0.1, 0.15) is 12.7 Å². The average molecular weight is 525 g/mol. The zero-order chi connectivity index (χ0) is 27.4. The minimum absolute atomic E-state index is 0.0288. The van der Waals surface area contributed by atoms with Crippen LogP contribution in [0.5, 0.6) is 0 Å². The van der Waals surface area contributed by atoms with Crippen molar-refractivity contribution < 1.29 is 52.4 Å². The molecule has 0 saturated carbocycles. The highest BCUT2D eigenvalue weighted by atomic mass is 16.7. The largest absolute Gasteiger partial charge is 0.456 e. The number of carbonyl (C=O) groups is 5. The number of esters is 4. The summed E-state index contributed by atoms with van der Waals surface area (Å²) in [5, 5.41) is 5.60. The van der Waals surface area contributed by atoms with Gasteiger partial charge in [0, 0.05) is 47.3 Å². The second kappa shape index (κ2) is 14.8. The predicted molar refractivity (Wildman–Crippen MR) is 125 cm³/mol. The van der Waals surface area contributed by atoms with Gasteiger partial charge in [-0.3, -0.25) is 19.2 Å². The molecule has 1 fully saturated rings. The van der Waals surface area contributed by atoms with Gasteiger partial charge in [0.2, 0.25) is 12.4 Å². The van der Waals surface area contributed by atoms with Gasteiger partial charge in [-0.2, -0.15) is 0 Å². The average Bonchev–Trinajstić information content (AvgIpc) is 2.81. The predicted octanol–water partition coefficient (Wildman–Crippen LogP) is 0.586. The second-order valence-electron chi connectivity index (χ2n) is 8.07. The maximum atomic E-state index is 11.9. The van der Waals surface area contributed by atoms with Crippen LogP contribution in [0.1, 0.15) is 33.3 Å². The van der Waals surface area contributed by atoms with Gasteiger partial charge in [-0.15, -0.1) is 0 Å². The van der Waals surface area contributed by atoms with E-state index in [4.69, 9.17) is 28.4 Å². The second-order valence-corrected chi connectivity index (χ2v) is 8.07. The van der Waals surface area contributed by atoms with Gasteiger partial charge in [0.05, 0.1) is 0 Å². The van der Waals surface area contributed by atoms with E-state index in [2.05, 4.69) is 10.6 Å². The molecule has 0 aromatic heterocycles. The van der Waals surface area contributed by atoms with Crippen molar-refractivity contribution in [3.8, 4) is 0 Å². The van der Waals surface area contributed by atoms with Gasteiger partial charge in [-0.05, 0) is 5.56 Å². The number of alkyl carbamates (subject to hydrolysis) is 1. The molecule has 2 N–H and O–H groups in total. The van der Waals surface area contributed by atoms with Crippen molar-refractivity contribution in [1.82, 2.24) is 10.6 Å². The lowest BCUT2D eigenvalue weighted by atomic mass is 9.97. The van der Waals surface area contributed by atoms with Crippen LogP contribution in [-0.4, -0.2) is 80.3 Å². The number of ether oxygens (including phenoxy) is 6. The van der Waals surface area contributed by atoms with Crippen molar-refractivity contribution in [1.29, 1.82) is 0 Å². The molecule has 0 bridgehead atoms. The summed E-state index contributed by atoms with van der Waals surface area (Å²) in [4.78, 5) is 58.8. The number of nitrogens with one attached hydrogen (secondary N) is 2. The van der Waals surface area contributed by atoms with Crippen molar-refractivity contribution in [2.45, 2.75) is 65.0 Å². The van der Waals surface area contributed by atoms with Crippen LogP contribution in [0, 0.1) is 0 Å². The number of rotatable bonds is 11. The monoisotopic (exact) mass is 524 g/mol. The SMILES string of the molecule is CC(=O)OC1C(OC(C)=O)[C@H](OC(C)=O)C(CNCCNC(=O)OCc2ccccc2)O[C@H]1OC(C)=O. The van der Waals surface area contributed by atoms with Crippen LogP contribution < -0.4 is 10.6 Å². The lowest BCUT2D eigenvalue weighted by molar-refractivity contribution is -0.294. The Balaban J connectivity index is 2.00. The maximum Gasteiger partial charge on any atom is 0.407 e. The third-order valence-corrected chi connectivity index (χ3v) is 4.91. The summed E-state index contributed by atoms with van der Waals surface area (Å²) in [5.41, 5.74) is 0.846. The van der Waals surface area contributed by atoms with Crippen molar-refractivity contribution in [2.75, 3.05) is 19.6 Å². The van der Waals surface area contributed by atoms with E-state index in [9.17, 15) is 24.0 Å². The van der Waals surface area contributed by atoms with E-state index in [1.54, 1.807) is 0 Å². The molecule has 3 unspecified atom stereocenters. The highest BCUT2D eigenvalue weighted by Gasteiger charge is 2.53. The molecule has 13 nitrogen and oxygen atoms in total. The smallest absolute Gasteiger partial charge is 0.407 e. The van der Waals surface area contributed by atoms with Crippen molar-refractivity contribution in [2.24, 2.45) is 0 Å². The Morgan fingerprint density at radius 1 is 0.757 bits per heavy atom. The summed E-state index contributed by atoms with van der Waals surface area (Å²) in [6.07, 6.45) is -6.92.